The molecule has 1 aromatic heterocycles. The molecule has 0 saturated carbocycles. The first kappa shape index (κ1) is 13.7. The molecule has 0 aliphatic heterocycles. The number of halogens is 1. The van der Waals surface area contributed by atoms with Crippen molar-refractivity contribution in [2.24, 2.45) is 0 Å². The number of ether oxygens (including phenoxy) is 1. The maximum atomic E-state index is 13.4. The van der Waals surface area contributed by atoms with E-state index in [1.165, 1.54) is 12.3 Å². The Balaban J connectivity index is 2.11. The van der Waals surface area contributed by atoms with Gasteiger partial charge in [-0.15, -0.1) is 0 Å². The van der Waals surface area contributed by atoms with Crippen molar-refractivity contribution in [3.63, 3.8) is 0 Å². The molecule has 100 valence electrons. The molecular weight excluding hydrogens is 259 g/mol. The van der Waals surface area contributed by atoms with E-state index in [1.54, 1.807) is 31.2 Å². The Morgan fingerprint density at radius 3 is 2.65 bits per heavy atom. The Morgan fingerprint density at radius 2 is 2.05 bits per heavy atom. The van der Waals surface area contributed by atoms with Crippen LogP contribution in [0.1, 0.15) is 34.5 Å². The third-order valence-electron chi connectivity index (χ3n) is 2.79. The van der Waals surface area contributed by atoms with Crippen LogP contribution in [-0.2, 0) is 4.74 Å². The molecule has 2 rings (SSSR count). The minimum Gasteiger partial charge on any atom is -0.454 e. The lowest BCUT2D eigenvalue weighted by molar-refractivity contribution is 0.0332. The molecule has 1 atom stereocenters. The average molecular weight is 270 g/mol. The van der Waals surface area contributed by atoms with E-state index in [0.717, 1.165) is 11.8 Å². The normalized spacial score (nSPS) is 11.4. The summed E-state index contributed by atoms with van der Waals surface area (Å²) in [6.07, 6.45) is 1.75. The fraction of sp³-hybridized carbons (Fsp3) is 0.133. The second kappa shape index (κ2) is 5.93. The Hall–Kier alpha value is -2.74. The molecule has 0 aliphatic carbocycles. The number of aromatic nitrogens is 1. The number of rotatable bonds is 3. The fourth-order valence-electron chi connectivity index (χ4n) is 1.66. The van der Waals surface area contributed by atoms with Gasteiger partial charge in [0.25, 0.3) is 0 Å². The van der Waals surface area contributed by atoms with Crippen LogP contribution >= 0.6 is 0 Å². The van der Waals surface area contributed by atoms with Gasteiger partial charge in [-0.3, -0.25) is 4.98 Å². The molecule has 1 aromatic carbocycles. The Kier molecular flexibility index (Phi) is 4.06. The molecule has 0 unspecified atom stereocenters. The number of pyridine rings is 1. The van der Waals surface area contributed by atoms with Crippen molar-refractivity contribution in [3.05, 3.63) is 65.2 Å². The predicted octanol–water partition coefficient (Wildman–Crippen LogP) is 3.01. The van der Waals surface area contributed by atoms with E-state index >= 15 is 0 Å². The van der Waals surface area contributed by atoms with Gasteiger partial charge in [0.15, 0.2) is 5.82 Å². The van der Waals surface area contributed by atoms with Crippen LogP contribution in [0.5, 0.6) is 0 Å². The van der Waals surface area contributed by atoms with Gasteiger partial charge in [-0.1, -0.05) is 12.1 Å². The van der Waals surface area contributed by atoms with Crippen molar-refractivity contribution in [3.8, 4) is 6.07 Å². The molecule has 0 spiro atoms. The molecule has 2 aromatic rings. The summed E-state index contributed by atoms with van der Waals surface area (Å²) in [6, 6.07) is 9.92. The lowest BCUT2D eigenvalue weighted by Crippen LogP contribution is -2.11. The van der Waals surface area contributed by atoms with E-state index < -0.39 is 17.9 Å². The van der Waals surface area contributed by atoms with Crippen LogP contribution in [0.25, 0.3) is 0 Å². The summed E-state index contributed by atoms with van der Waals surface area (Å²) >= 11 is 0. The highest BCUT2D eigenvalue weighted by Crippen LogP contribution is 2.19. The summed E-state index contributed by atoms with van der Waals surface area (Å²) in [7, 11) is 0. The van der Waals surface area contributed by atoms with Crippen LogP contribution in [0.2, 0.25) is 0 Å². The number of nitriles is 1. The van der Waals surface area contributed by atoms with Gasteiger partial charge in [-0.2, -0.15) is 5.26 Å². The van der Waals surface area contributed by atoms with Gasteiger partial charge in [0.2, 0.25) is 0 Å². The Labute approximate surface area is 115 Å². The van der Waals surface area contributed by atoms with E-state index in [9.17, 15) is 9.18 Å². The zero-order chi connectivity index (χ0) is 14.5. The van der Waals surface area contributed by atoms with Gasteiger partial charge in [0, 0.05) is 6.20 Å². The zero-order valence-electron chi connectivity index (χ0n) is 10.7. The smallest absolute Gasteiger partial charge is 0.341 e. The van der Waals surface area contributed by atoms with Crippen molar-refractivity contribution < 1.29 is 13.9 Å². The molecule has 20 heavy (non-hydrogen) atoms. The largest absolute Gasteiger partial charge is 0.454 e. The second-order valence-corrected chi connectivity index (χ2v) is 4.14. The predicted molar refractivity (Wildman–Crippen MR) is 69.2 cm³/mol. The number of nitrogens with zero attached hydrogens (tertiary/aromatic N) is 2. The maximum Gasteiger partial charge on any atom is 0.341 e. The van der Waals surface area contributed by atoms with Crippen molar-refractivity contribution in [1.82, 2.24) is 4.98 Å². The molecule has 0 aliphatic rings. The summed E-state index contributed by atoms with van der Waals surface area (Å²) in [6.45, 7) is 1.68. The van der Waals surface area contributed by atoms with Gasteiger partial charge in [-0.25, -0.2) is 9.18 Å². The van der Waals surface area contributed by atoms with Crippen LogP contribution in [0.4, 0.5) is 4.39 Å². The molecule has 0 amide bonds. The zero-order valence-corrected chi connectivity index (χ0v) is 10.7. The van der Waals surface area contributed by atoms with Crippen molar-refractivity contribution in [1.29, 1.82) is 5.26 Å². The van der Waals surface area contributed by atoms with Crippen molar-refractivity contribution in [2.45, 2.75) is 13.0 Å². The summed E-state index contributed by atoms with van der Waals surface area (Å²) in [5, 5.41) is 8.71. The van der Waals surface area contributed by atoms with Crippen LogP contribution < -0.4 is 0 Å². The average Bonchev–Trinajstić information content (AvgIpc) is 2.47. The van der Waals surface area contributed by atoms with E-state index in [2.05, 4.69) is 4.98 Å². The molecule has 5 heteroatoms. The number of hydrogen-bond donors (Lipinski definition) is 0. The summed E-state index contributed by atoms with van der Waals surface area (Å²) < 4.78 is 18.6. The molecule has 0 radical (unpaired) electrons. The number of carbonyl (C=O) groups excluding carboxylic acids is 1. The lowest BCUT2D eigenvalue weighted by Gasteiger charge is -2.13. The fourth-order valence-corrected chi connectivity index (χ4v) is 1.66. The number of carbonyl (C=O) groups is 1. The summed E-state index contributed by atoms with van der Waals surface area (Å²) in [5.74, 6) is -1.47. The third kappa shape index (κ3) is 2.98. The number of hydrogen-bond acceptors (Lipinski definition) is 4. The maximum absolute atomic E-state index is 13.4. The van der Waals surface area contributed by atoms with Crippen molar-refractivity contribution in [2.75, 3.05) is 0 Å². The summed E-state index contributed by atoms with van der Waals surface area (Å²) in [5.41, 5.74) is 1.10. The molecule has 0 fully saturated rings. The quantitative estimate of drug-likeness (QED) is 0.804. The number of esters is 1. The van der Waals surface area contributed by atoms with Gasteiger partial charge >= 0.3 is 5.97 Å². The second-order valence-electron chi connectivity index (χ2n) is 4.14. The molecule has 0 saturated heterocycles. The van der Waals surface area contributed by atoms with Gasteiger partial charge in [0.05, 0.1) is 23.4 Å². The minimum absolute atomic E-state index is 0.152. The molecule has 0 bridgehead atoms. The van der Waals surface area contributed by atoms with E-state index in [0.29, 0.717) is 5.56 Å². The van der Waals surface area contributed by atoms with Crippen LogP contribution in [0.15, 0.2) is 42.7 Å². The Bertz CT molecular complexity index is 662. The highest BCUT2D eigenvalue weighted by molar-refractivity contribution is 5.89. The topological polar surface area (TPSA) is 63.0 Å². The monoisotopic (exact) mass is 270 g/mol. The minimum atomic E-state index is -0.748. The first-order chi connectivity index (χ1) is 9.61. The van der Waals surface area contributed by atoms with Gasteiger partial charge < -0.3 is 4.74 Å². The highest BCUT2D eigenvalue weighted by Gasteiger charge is 2.17. The van der Waals surface area contributed by atoms with Crippen LogP contribution in [0.3, 0.4) is 0 Å². The van der Waals surface area contributed by atoms with Crippen LogP contribution in [0, 0.1) is 17.1 Å². The molecular formula is C15H11FN2O2. The van der Waals surface area contributed by atoms with E-state index in [1.807, 2.05) is 6.07 Å². The summed E-state index contributed by atoms with van der Waals surface area (Å²) in [4.78, 5) is 15.4. The third-order valence-corrected chi connectivity index (χ3v) is 2.79. The van der Waals surface area contributed by atoms with E-state index in [-0.39, 0.29) is 5.56 Å². The standard InChI is InChI=1S/C15H11FN2O2/c1-10(12-4-2-11(8-17)3-5-12)20-15(19)13-6-7-18-9-14(13)16/h2-7,9-10H,1H3/t10-/m1/s1. The Morgan fingerprint density at radius 1 is 1.35 bits per heavy atom. The first-order valence-corrected chi connectivity index (χ1v) is 5.92. The SMILES string of the molecule is C[C@@H](OC(=O)c1ccncc1F)c1ccc(C#N)cc1. The highest BCUT2D eigenvalue weighted by atomic mass is 19.1. The van der Waals surface area contributed by atoms with Gasteiger partial charge in [0.1, 0.15) is 6.10 Å². The first-order valence-electron chi connectivity index (χ1n) is 5.92. The van der Waals surface area contributed by atoms with Gasteiger partial charge in [-0.05, 0) is 30.7 Å². The van der Waals surface area contributed by atoms with Crippen molar-refractivity contribution >= 4 is 5.97 Å². The van der Waals surface area contributed by atoms with Crippen LogP contribution in [-0.4, -0.2) is 11.0 Å². The molecule has 0 N–H and O–H groups in total. The lowest BCUT2D eigenvalue weighted by atomic mass is 10.1. The molecule has 1 heterocycles. The molecule has 4 nitrogen and oxygen atoms in total. The number of benzene rings is 1. The van der Waals surface area contributed by atoms with E-state index in [4.69, 9.17) is 10.00 Å².